The number of esters is 1. The van der Waals surface area contributed by atoms with Gasteiger partial charge in [-0.3, -0.25) is 4.79 Å². The molecule has 4 aromatic rings. The number of methoxy groups -OCH3 is 1. The van der Waals surface area contributed by atoms with Gasteiger partial charge >= 0.3 is 5.97 Å². The van der Waals surface area contributed by atoms with Crippen LogP contribution in [0.2, 0.25) is 0 Å². The molecule has 3 aromatic carbocycles. The van der Waals surface area contributed by atoms with Gasteiger partial charge < -0.3 is 14.0 Å². The van der Waals surface area contributed by atoms with Crippen LogP contribution in [0.1, 0.15) is 45.4 Å². The Morgan fingerprint density at radius 1 is 1.03 bits per heavy atom. The van der Waals surface area contributed by atoms with Gasteiger partial charge in [0.2, 0.25) is 0 Å². The minimum Gasteiger partial charge on any atom is -0.497 e. The fourth-order valence-electron chi connectivity index (χ4n) is 4.41. The van der Waals surface area contributed by atoms with Gasteiger partial charge in [0.05, 0.1) is 24.6 Å². The topological polar surface area (TPSA) is 94.2 Å². The van der Waals surface area contributed by atoms with Gasteiger partial charge in [-0.05, 0) is 53.9 Å². The first-order valence-electron chi connectivity index (χ1n) is 11.6. The van der Waals surface area contributed by atoms with Crippen molar-refractivity contribution >= 4 is 28.4 Å². The Kier molecular flexibility index (Phi) is 6.25. The van der Waals surface area contributed by atoms with E-state index in [0.29, 0.717) is 17.9 Å². The van der Waals surface area contributed by atoms with Gasteiger partial charge in [-0.15, -0.1) is 0 Å². The van der Waals surface area contributed by atoms with E-state index in [4.69, 9.17) is 14.0 Å². The number of aromatic nitrogens is 1. The maximum absolute atomic E-state index is 13.3. The standard InChI is InChI=1S/C28H25N3O5/c1-17-27(18(2)36-30-17)28(33)35-16-26(32)31-25(20-10-12-23(34-3)13-11-20)15-24(29-31)22-9-8-19-6-4-5-7-21(19)14-22/h4-14,25H,15-16H2,1-3H3. The molecule has 2 heterocycles. The van der Waals surface area contributed by atoms with Crippen molar-refractivity contribution < 1.29 is 23.6 Å². The molecule has 1 atom stereocenters. The highest BCUT2D eigenvalue weighted by Crippen LogP contribution is 2.34. The number of aryl methyl sites for hydroxylation is 2. The number of nitrogens with zero attached hydrogens (tertiary/aromatic N) is 3. The first-order chi connectivity index (χ1) is 17.4. The van der Waals surface area contributed by atoms with Gasteiger partial charge in [-0.25, -0.2) is 9.80 Å². The monoisotopic (exact) mass is 483 g/mol. The summed E-state index contributed by atoms with van der Waals surface area (Å²) in [6.45, 7) is 2.82. The Morgan fingerprint density at radius 3 is 2.47 bits per heavy atom. The van der Waals surface area contributed by atoms with E-state index >= 15 is 0 Å². The zero-order chi connectivity index (χ0) is 25.2. The number of fused-ring (bicyclic) bond motifs is 1. The summed E-state index contributed by atoms with van der Waals surface area (Å²) in [6, 6.07) is 21.4. The Hall–Kier alpha value is -4.46. The fraction of sp³-hybridized carbons (Fsp3) is 0.214. The number of amides is 1. The van der Waals surface area contributed by atoms with Crippen LogP contribution in [-0.4, -0.2) is 41.5 Å². The molecule has 182 valence electrons. The predicted molar refractivity (Wildman–Crippen MR) is 134 cm³/mol. The molecule has 0 aliphatic carbocycles. The number of rotatable bonds is 6. The third-order valence-corrected chi connectivity index (χ3v) is 6.31. The first-order valence-corrected chi connectivity index (χ1v) is 11.6. The number of hydrogen-bond donors (Lipinski definition) is 0. The highest BCUT2D eigenvalue weighted by molar-refractivity contribution is 6.05. The van der Waals surface area contributed by atoms with E-state index in [2.05, 4.69) is 22.4 Å². The largest absolute Gasteiger partial charge is 0.497 e. The lowest BCUT2D eigenvalue weighted by atomic mass is 9.97. The summed E-state index contributed by atoms with van der Waals surface area (Å²) in [4.78, 5) is 25.8. The normalized spacial score (nSPS) is 15.1. The summed E-state index contributed by atoms with van der Waals surface area (Å²) < 4.78 is 15.6. The van der Waals surface area contributed by atoms with Crippen molar-refractivity contribution in [1.82, 2.24) is 10.2 Å². The zero-order valence-corrected chi connectivity index (χ0v) is 20.2. The molecule has 0 saturated heterocycles. The third-order valence-electron chi connectivity index (χ3n) is 6.31. The second-order valence-corrected chi connectivity index (χ2v) is 8.62. The quantitative estimate of drug-likeness (QED) is 0.359. The van der Waals surface area contributed by atoms with Crippen LogP contribution in [0.4, 0.5) is 0 Å². The Bertz CT molecular complexity index is 1450. The summed E-state index contributed by atoms with van der Waals surface area (Å²) in [5.74, 6) is -0.0113. The van der Waals surface area contributed by atoms with E-state index in [9.17, 15) is 9.59 Å². The number of hydrazone groups is 1. The summed E-state index contributed by atoms with van der Waals surface area (Å²) >= 11 is 0. The van der Waals surface area contributed by atoms with Crippen molar-refractivity contribution in [3.63, 3.8) is 0 Å². The average Bonchev–Trinajstić information content (AvgIpc) is 3.50. The van der Waals surface area contributed by atoms with Crippen molar-refractivity contribution in [3.05, 3.63) is 94.9 Å². The van der Waals surface area contributed by atoms with E-state index < -0.39 is 18.5 Å². The molecule has 0 fully saturated rings. The molecule has 1 aromatic heterocycles. The number of benzene rings is 3. The summed E-state index contributed by atoms with van der Waals surface area (Å²) in [5, 5.41) is 12.1. The fourth-order valence-corrected chi connectivity index (χ4v) is 4.41. The van der Waals surface area contributed by atoms with Crippen LogP contribution in [0.25, 0.3) is 10.8 Å². The maximum atomic E-state index is 13.3. The number of carbonyl (C=O) groups is 2. The SMILES string of the molecule is COc1ccc(C2CC(c3ccc4ccccc4c3)=NN2C(=O)COC(=O)c2c(C)noc2C)cc1. The molecule has 36 heavy (non-hydrogen) atoms. The van der Waals surface area contributed by atoms with Crippen molar-refractivity contribution in [1.29, 1.82) is 0 Å². The molecule has 0 N–H and O–H groups in total. The molecule has 0 bridgehead atoms. The van der Waals surface area contributed by atoms with E-state index in [1.165, 1.54) is 5.01 Å². The second kappa shape index (κ2) is 9.65. The van der Waals surface area contributed by atoms with Gasteiger partial charge in [0.15, 0.2) is 6.61 Å². The average molecular weight is 484 g/mol. The van der Waals surface area contributed by atoms with E-state index in [1.807, 2.05) is 54.6 Å². The van der Waals surface area contributed by atoms with Crippen molar-refractivity contribution in [3.8, 4) is 5.75 Å². The van der Waals surface area contributed by atoms with Crippen LogP contribution in [0.5, 0.6) is 5.75 Å². The molecule has 1 unspecified atom stereocenters. The third kappa shape index (κ3) is 4.45. The Morgan fingerprint density at radius 2 is 1.78 bits per heavy atom. The predicted octanol–water partition coefficient (Wildman–Crippen LogP) is 4.99. The van der Waals surface area contributed by atoms with Crippen LogP contribution in [0, 0.1) is 13.8 Å². The van der Waals surface area contributed by atoms with Gasteiger partial charge in [0.1, 0.15) is 17.1 Å². The van der Waals surface area contributed by atoms with Crippen LogP contribution >= 0.6 is 0 Å². The van der Waals surface area contributed by atoms with E-state index in [0.717, 1.165) is 33.4 Å². The highest BCUT2D eigenvalue weighted by Gasteiger charge is 2.34. The number of ether oxygens (including phenoxy) is 2. The summed E-state index contributed by atoms with van der Waals surface area (Å²) in [6.07, 6.45) is 0.522. The molecule has 1 aliphatic rings. The van der Waals surface area contributed by atoms with Gasteiger partial charge in [-0.2, -0.15) is 5.10 Å². The number of hydrogen-bond acceptors (Lipinski definition) is 7. The molecule has 0 radical (unpaired) electrons. The van der Waals surface area contributed by atoms with Gasteiger partial charge in [-0.1, -0.05) is 53.7 Å². The Labute approximate surface area is 208 Å². The Balaban J connectivity index is 1.42. The van der Waals surface area contributed by atoms with Crippen LogP contribution in [0.3, 0.4) is 0 Å². The van der Waals surface area contributed by atoms with Gasteiger partial charge in [0.25, 0.3) is 5.91 Å². The molecule has 1 amide bonds. The smallest absolute Gasteiger partial charge is 0.344 e. The van der Waals surface area contributed by atoms with Crippen molar-refractivity contribution in [2.75, 3.05) is 13.7 Å². The minimum atomic E-state index is -0.654. The molecular weight excluding hydrogens is 458 g/mol. The van der Waals surface area contributed by atoms with Crippen molar-refractivity contribution in [2.45, 2.75) is 26.3 Å². The van der Waals surface area contributed by atoms with Crippen LogP contribution in [-0.2, 0) is 9.53 Å². The lowest BCUT2D eigenvalue weighted by Gasteiger charge is -2.22. The zero-order valence-electron chi connectivity index (χ0n) is 20.2. The molecular formula is C28H25N3O5. The first kappa shape index (κ1) is 23.3. The second-order valence-electron chi connectivity index (χ2n) is 8.62. The van der Waals surface area contributed by atoms with Crippen LogP contribution in [0.15, 0.2) is 76.4 Å². The lowest BCUT2D eigenvalue weighted by Crippen LogP contribution is -2.31. The lowest BCUT2D eigenvalue weighted by molar-refractivity contribution is -0.136. The summed E-state index contributed by atoms with van der Waals surface area (Å²) in [7, 11) is 1.61. The highest BCUT2D eigenvalue weighted by atomic mass is 16.5. The molecule has 0 saturated carbocycles. The van der Waals surface area contributed by atoms with E-state index in [1.54, 1.807) is 21.0 Å². The number of carbonyl (C=O) groups excluding carboxylic acids is 2. The molecule has 8 heteroatoms. The molecule has 8 nitrogen and oxygen atoms in total. The molecule has 0 spiro atoms. The molecule has 5 rings (SSSR count). The van der Waals surface area contributed by atoms with Crippen molar-refractivity contribution in [2.24, 2.45) is 5.10 Å². The minimum absolute atomic E-state index is 0.233. The van der Waals surface area contributed by atoms with Gasteiger partial charge in [0, 0.05) is 6.42 Å². The maximum Gasteiger partial charge on any atom is 0.344 e. The molecule has 1 aliphatic heterocycles. The van der Waals surface area contributed by atoms with E-state index in [-0.39, 0.29) is 11.6 Å². The summed E-state index contributed by atoms with van der Waals surface area (Å²) in [5.41, 5.74) is 3.28. The van der Waals surface area contributed by atoms with Crippen LogP contribution < -0.4 is 4.74 Å².